The van der Waals surface area contributed by atoms with Crippen molar-refractivity contribution in [2.45, 2.75) is 0 Å². The number of benzene rings is 4. The second-order valence-corrected chi connectivity index (χ2v) is 12.5. The molecule has 0 bridgehead atoms. The molecular formula is C41H25BN6. The van der Waals surface area contributed by atoms with Crippen LogP contribution in [-0.4, -0.2) is 30.8 Å². The summed E-state index contributed by atoms with van der Waals surface area (Å²) in [6, 6.07) is 45.1. The Morgan fingerprint density at radius 1 is 0.542 bits per heavy atom. The summed E-state index contributed by atoms with van der Waals surface area (Å²) in [6.07, 6.45) is 7.89. The average molecular weight is 613 g/mol. The Labute approximate surface area is 276 Å². The van der Waals surface area contributed by atoms with Crippen molar-refractivity contribution in [3.8, 4) is 22.6 Å². The highest BCUT2D eigenvalue weighted by Gasteiger charge is 2.43. The number of para-hydroxylation sites is 3. The summed E-state index contributed by atoms with van der Waals surface area (Å²) in [7, 11) is 0. The Hall–Kier alpha value is -6.47. The minimum Gasteiger partial charge on any atom is -0.311 e. The summed E-state index contributed by atoms with van der Waals surface area (Å²) in [5.74, 6) is 0. The van der Waals surface area contributed by atoms with Crippen LogP contribution in [0.3, 0.4) is 0 Å². The normalized spacial score (nSPS) is 12.9. The Morgan fingerprint density at radius 2 is 1.29 bits per heavy atom. The van der Waals surface area contributed by atoms with Crippen LogP contribution in [0.25, 0.3) is 55.6 Å². The van der Waals surface area contributed by atoms with Crippen LogP contribution in [0.1, 0.15) is 0 Å². The molecule has 0 N–H and O–H groups in total. The van der Waals surface area contributed by atoms with E-state index in [2.05, 4.69) is 135 Å². The summed E-state index contributed by atoms with van der Waals surface area (Å²) in [5.41, 5.74) is 14.6. The highest BCUT2D eigenvalue weighted by atomic mass is 15.2. The van der Waals surface area contributed by atoms with E-state index in [4.69, 9.17) is 15.0 Å². The van der Waals surface area contributed by atoms with Gasteiger partial charge in [-0.25, -0.2) is 4.98 Å². The molecule has 0 aliphatic carbocycles. The molecule has 6 nitrogen and oxygen atoms in total. The van der Waals surface area contributed by atoms with E-state index in [0.29, 0.717) is 0 Å². The lowest BCUT2D eigenvalue weighted by molar-refractivity contribution is 1.05. The predicted octanol–water partition coefficient (Wildman–Crippen LogP) is 7.19. The molecule has 7 heterocycles. The van der Waals surface area contributed by atoms with E-state index >= 15 is 0 Å². The summed E-state index contributed by atoms with van der Waals surface area (Å²) >= 11 is 0. The van der Waals surface area contributed by atoms with Gasteiger partial charge < -0.3 is 4.90 Å². The van der Waals surface area contributed by atoms with Crippen molar-refractivity contribution in [1.29, 1.82) is 0 Å². The number of fused-ring (bicyclic) bond motifs is 9. The minimum absolute atomic E-state index is 0.00113. The SMILES string of the molecule is c1ccc(N2c3ccccc3B3c4c2cc(-c2ccccn2)cc4-n2c4c3cncc4c3c4cccnc4n(-c4ccccc4)c32)cc1. The van der Waals surface area contributed by atoms with Gasteiger partial charge in [-0.3, -0.25) is 19.1 Å². The molecule has 0 spiro atoms. The third-order valence-electron chi connectivity index (χ3n) is 10.0. The van der Waals surface area contributed by atoms with Crippen LogP contribution in [-0.2, 0) is 0 Å². The van der Waals surface area contributed by atoms with E-state index in [1.54, 1.807) is 0 Å². The quantitative estimate of drug-likeness (QED) is 0.198. The van der Waals surface area contributed by atoms with Crippen molar-refractivity contribution in [1.82, 2.24) is 24.1 Å². The molecule has 11 rings (SSSR count). The summed E-state index contributed by atoms with van der Waals surface area (Å²) in [4.78, 5) is 17.2. The van der Waals surface area contributed by atoms with Crippen molar-refractivity contribution < 1.29 is 0 Å². The Morgan fingerprint density at radius 3 is 2.12 bits per heavy atom. The first-order chi connectivity index (χ1) is 23.9. The summed E-state index contributed by atoms with van der Waals surface area (Å²) in [5, 5.41) is 3.41. The first kappa shape index (κ1) is 25.7. The van der Waals surface area contributed by atoms with Gasteiger partial charge in [0.15, 0.2) is 0 Å². The average Bonchev–Trinajstić information content (AvgIpc) is 3.68. The van der Waals surface area contributed by atoms with Gasteiger partial charge in [0.2, 0.25) is 0 Å². The van der Waals surface area contributed by atoms with Crippen LogP contribution in [0, 0.1) is 0 Å². The number of pyridine rings is 3. The molecule has 4 aromatic carbocycles. The van der Waals surface area contributed by atoms with Gasteiger partial charge in [0, 0.05) is 74.9 Å². The van der Waals surface area contributed by atoms with Crippen LogP contribution in [0.15, 0.2) is 152 Å². The number of anilines is 3. The molecule has 7 heteroatoms. The molecule has 2 aliphatic heterocycles. The minimum atomic E-state index is 0.00113. The molecule has 0 atom stereocenters. The zero-order valence-corrected chi connectivity index (χ0v) is 25.7. The molecule has 48 heavy (non-hydrogen) atoms. The number of hydrogen-bond acceptors (Lipinski definition) is 4. The molecule has 0 amide bonds. The Balaban J connectivity index is 1.38. The zero-order chi connectivity index (χ0) is 31.3. The van der Waals surface area contributed by atoms with Gasteiger partial charge >= 0.3 is 0 Å². The van der Waals surface area contributed by atoms with E-state index in [0.717, 1.165) is 61.5 Å². The topological polar surface area (TPSA) is 51.8 Å². The van der Waals surface area contributed by atoms with Crippen LogP contribution < -0.4 is 21.3 Å². The lowest BCUT2D eigenvalue weighted by Crippen LogP contribution is -2.60. The van der Waals surface area contributed by atoms with Crippen molar-refractivity contribution in [2.75, 3.05) is 4.90 Å². The standard InChI is InChI=1S/C41H25BN6/c1-3-12-27(13-4-1)46-34-19-8-7-17-31(34)42-32-25-43-24-30-37-29-16-11-21-45-40(29)47(28-14-5-2-6-15-28)41(37)48(39(30)32)36-23-26(22-35(46)38(36)42)33-18-9-10-20-44-33/h1-25H. The Bertz CT molecular complexity index is 2730. The second kappa shape index (κ2) is 9.53. The van der Waals surface area contributed by atoms with Gasteiger partial charge in [-0.2, -0.15) is 0 Å². The fourth-order valence-corrected chi connectivity index (χ4v) is 8.22. The largest absolute Gasteiger partial charge is 0.311 e. The number of nitrogens with zero attached hydrogens (tertiary/aromatic N) is 6. The van der Waals surface area contributed by atoms with E-state index in [1.165, 1.54) is 27.6 Å². The number of rotatable bonds is 3. The van der Waals surface area contributed by atoms with E-state index in [1.807, 2.05) is 30.7 Å². The molecule has 5 aromatic heterocycles. The monoisotopic (exact) mass is 612 g/mol. The van der Waals surface area contributed by atoms with Crippen LogP contribution in [0.5, 0.6) is 0 Å². The molecule has 0 saturated heterocycles. The van der Waals surface area contributed by atoms with E-state index in [-0.39, 0.29) is 6.71 Å². The van der Waals surface area contributed by atoms with Gasteiger partial charge in [-0.05, 0) is 83.1 Å². The van der Waals surface area contributed by atoms with Gasteiger partial charge in [-0.15, -0.1) is 0 Å². The lowest BCUT2D eigenvalue weighted by atomic mass is 9.34. The molecule has 0 radical (unpaired) electrons. The smallest absolute Gasteiger partial charge is 0.254 e. The van der Waals surface area contributed by atoms with Crippen LogP contribution >= 0.6 is 0 Å². The van der Waals surface area contributed by atoms with Gasteiger partial charge in [-0.1, -0.05) is 60.7 Å². The maximum absolute atomic E-state index is 4.96. The van der Waals surface area contributed by atoms with Crippen molar-refractivity contribution in [3.05, 3.63) is 152 Å². The van der Waals surface area contributed by atoms with Crippen LogP contribution in [0.2, 0.25) is 0 Å². The second-order valence-electron chi connectivity index (χ2n) is 12.5. The molecular weight excluding hydrogens is 587 g/mol. The molecule has 0 unspecified atom stereocenters. The highest BCUT2D eigenvalue weighted by Crippen LogP contribution is 2.45. The first-order valence-electron chi connectivity index (χ1n) is 16.2. The maximum Gasteiger partial charge on any atom is 0.254 e. The third kappa shape index (κ3) is 3.29. The van der Waals surface area contributed by atoms with Crippen molar-refractivity contribution in [2.24, 2.45) is 0 Å². The van der Waals surface area contributed by atoms with Crippen molar-refractivity contribution in [3.63, 3.8) is 0 Å². The molecule has 0 fully saturated rings. The molecule has 2 aliphatic rings. The molecule has 9 aromatic rings. The molecule has 0 saturated carbocycles. The fourth-order valence-electron chi connectivity index (χ4n) is 8.22. The first-order valence-corrected chi connectivity index (χ1v) is 16.2. The van der Waals surface area contributed by atoms with Gasteiger partial charge in [0.1, 0.15) is 11.3 Å². The fraction of sp³-hybridized carbons (Fsp3) is 0. The zero-order valence-electron chi connectivity index (χ0n) is 25.7. The number of aromatic nitrogens is 5. The van der Waals surface area contributed by atoms with E-state index < -0.39 is 0 Å². The summed E-state index contributed by atoms with van der Waals surface area (Å²) in [6.45, 7) is 0.00113. The molecule has 222 valence electrons. The van der Waals surface area contributed by atoms with Gasteiger partial charge in [0.25, 0.3) is 6.71 Å². The number of hydrogen-bond donors (Lipinski definition) is 0. The predicted molar refractivity (Wildman–Crippen MR) is 196 cm³/mol. The van der Waals surface area contributed by atoms with Crippen LogP contribution in [0.4, 0.5) is 17.1 Å². The van der Waals surface area contributed by atoms with Gasteiger partial charge in [0.05, 0.1) is 11.2 Å². The summed E-state index contributed by atoms with van der Waals surface area (Å²) < 4.78 is 4.80. The third-order valence-corrected chi connectivity index (χ3v) is 10.0. The van der Waals surface area contributed by atoms with E-state index in [9.17, 15) is 0 Å². The van der Waals surface area contributed by atoms with Crippen molar-refractivity contribution >= 4 is 73.1 Å². The highest BCUT2D eigenvalue weighted by molar-refractivity contribution is 7.00. The lowest BCUT2D eigenvalue weighted by Gasteiger charge is -2.40. The Kier molecular flexibility index (Phi) is 5.10. The maximum atomic E-state index is 4.96.